The summed E-state index contributed by atoms with van der Waals surface area (Å²) in [5, 5.41) is 12.3. The number of sulfonamides is 1. The molecule has 0 radical (unpaired) electrons. The van der Waals surface area contributed by atoms with Crippen molar-refractivity contribution in [3.05, 3.63) is 34.9 Å². The number of hydrogen-bond acceptors (Lipinski definition) is 7. The average molecular weight is 573 g/mol. The number of ether oxygens (including phenoxy) is 2. The molecule has 37 heavy (non-hydrogen) atoms. The summed E-state index contributed by atoms with van der Waals surface area (Å²) in [6.07, 6.45) is -7.22. The average Bonchev–Trinajstić information content (AvgIpc) is 2.68. The van der Waals surface area contributed by atoms with E-state index in [0.29, 0.717) is 0 Å². The fraction of sp³-hybridized carbons (Fsp3) is 0.609. The zero-order valence-electron chi connectivity index (χ0n) is 21.3. The number of carbonyl (C=O) groups excluding carboxylic acids is 2. The summed E-state index contributed by atoms with van der Waals surface area (Å²) in [4.78, 5) is 24.6. The SMILES string of the molecule is CC(C)(C)OC(=O)N[C@@H](CC=NS(=O)(=O)CCC(O)(c1ccccc1Cl)C(F)(F)F)C(=O)OC(C)(C)C. The third-order valence-corrected chi connectivity index (χ3v) is 5.99. The quantitative estimate of drug-likeness (QED) is 0.329. The van der Waals surface area contributed by atoms with Crippen molar-refractivity contribution in [1.29, 1.82) is 0 Å². The summed E-state index contributed by atoms with van der Waals surface area (Å²) >= 11 is 5.81. The number of halogens is 4. The molecule has 0 fully saturated rings. The molecule has 0 heterocycles. The molecule has 0 aliphatic heterocycles. The molecule has 0 saturated heterocycles. The van der Waals surface area contributed by atoms with Gasteiger partial charge in [-0.2, -0.15) is 17.6 Å². The Bertz CT molecular complexity index is 1100. The van der Waals surface area contributed by atoms with Crippen LogP contribution in [0, 0.1) is 0 Å². The second-order valence-corrected chi connectivity index (χ2v) is 12.3. The molecule has 210 valence electrons. The normalized spacial score (nSPS) is 15.6. The van der Waals surface area contributed by atoms with Crippen molar-refractivity contribution in [2.45, 2.75) is 83.4 Å². The largest absolute Gasteiger partial charge is 0.458 e. The van der Waals surface area contributed by atoms with E-state index in [1.165, 1.54) is 12.1 Å². The van der Waals surface area contributed by atoms with E-state index in [-0.39, 0.29) is 0 Å². The standard InChI is InChI=1S/C23H32ClF3N2O7S/c1-20(2,3)35-18(30)17(29-19(31)36-21(4,5)6)11-13-28-37(33,34)14-12-22(32,23(25,26)27)15-9-7-8-10-16(15)24/h7-10,13,17,32H,11-12,14H2,1-6H3,(H,29,31)/t17-,22?/m0/s1. The topological polar surface area (TPSA) is 131 Å². The molecule has 1 aromatic carbocycles. The number of rotatable bonds is 9. The molecule has 1 amide bonds. The first-order valence-electron chi connectivity index (χ1n) is 11.1. The van der Waals surface area contributed by atoms with Crippen molar-refractivity contribution < 1.29 is 45.8 Å². The first kappa shape index (κ1) is 32.6. The van der Waals surface area contributed by atoms with Gasteiger partial charge in [0, 0.05) is 29.6 Å². The first-order chi connectivity index (χ1) is 16.6. The molecule has 14 heteroatoms. The van der Waals surface area contributed by atoms with Crippen molar-refractivity contribution in [3.8, 4) is 0 Å². The van der Waals surface area contributed by atoms with Gasteiger partial charge >= 0.3 is 18.2 Å². The molecular formula is C23H32ClF3N2O7S. The predicted octanol–water partition coefficient (Wildman–Crippen LogP) is 4.51. The van der Waals surface area contributed by atoms with Crippen molar-refractivity contribution in [3.63, 3.8) is 0 Å². The third kappa shape index (κ3) is 10.9. The van der Waals surface area contributed by atoms with Crippen molar-refractivity contribution >= 4 is 39.9 Å². The van der Waals surface area contributed by atoms with Gasteiger partial charge in [0.2, 0.25) is 0 Å². The van der Waals surface area contributed by atoms with Gasteiger partial charge < -0.3 is 19.9 Å². The molecule has 0 saturated carbocycles. The van der Waals surface area contributed by atoms with Crippen molar-refractivity contribution in [2.24, 2.45) is 4.40 Å². The molecule has 0 aromatic heterocycles. The molecule has 0 bridgehead atoms. The van der Waals surface area contributed by atoms with Gasteiger partial charge in [0.15, 0.2) is 5.60 Å². The Balaban J connectivity index is 3.06. The highest BCUT2D eigenvalue weighted by molar-refractivity contribution is 7.90. The van der Waals surface area contributed by atoms with E-state index < -0.39 is 80.3 Å². The van der Waals surface area contributed by atoms with E-state index in [1.807, 2.05) is 0 Å². The minimum absolute atomic E-state index is 0.392. The van der Waals surface area contributed by atoms with Crippen LogP contribution >= 0.6 is 11.6 Å². The third-order valence-electron chi connectivity index (χ3n) is 4.47. The molecule has 9 nitrogen and oxygen atoms in total. The number of amides is 1. The van der Waals surface area contributed by atoms with Gasteiger partial charge in [0.25, 0.3) is 10.0 Å². The van der Waals surface area contributed by atoms with Crippen LogP contribution in [-0.2, 0) is 29.9 Å². The second kappa shape index (κ2) is 12.0. The number of hydrogen-bond donors (Lipinski definition) is 2. The lowest BCUT2D eigenvalue weighted by Crippen LogP contribution is -2.46. The molecule has 1 unspecified atom stereocenters. The number of esters is 1. The molecule has 0 aliphatic rings. The van der Waals surface area contributed by atoms with Crippen LogP contribution < -0.4 is 5.32 Å². The summed E-state index contributed by atoms with van der Waals surface area (Å²) in [6.45, 7) is 9.51. The number of carbonyl (C=O) groups is 2. The second-order valence-electron chi connectivity index (χ2n) is 10.1. The van der Waals surface area contributed by atoms with Gasteiger partial charge in [-0.1, -0.05) is 29.8 Å². The predicted molar refractivity (Wildman–Crippen MR) is 132 cm³/mol. The molecular weight excluding hydrogens is 541 g/mol. The lowest BCUT2D eigenvalue weighted by molar-refractivity contribution is -0.267. The summed E-state index contributed by atoms with van der Waals surface area (Å²) in [7, 11) is -4.54. The fourth-order valence-corrected chi connectivity index (χ4v) is 4.12. The molecule has 0 aliphatic carbocycles. The number of benzene rings is 1. The summed E-state index contributed by atoms with van der Waals surface area (Å²) < 4.78 is 79.5. The fourth-order valence-electron chi connectivity index (χ4n) is 2.85. The van der Waals surface area contributed by atoms with Crippen molar-refractivity contribution in [1.82, 2.24) is 5.32 Å². The molecule has 0 spiro atoms. The van der Waals surface area contributed by atoms with E-state index in [4.69, 9.17) is 21.1 Å². The molecule has 2 N–H and O–H groups in total. The maximum absolute atomic E-state index is 13.7. The van der Waals surface area contributed by atoms with Crippen LogP contribution in [0.2, 0.25) is 5.02 Å². The summed E-state index contributed by atoms with van der Waals surface area (Å²) in [5.41, 5.74) is -6.08. The summed E-state index contributed by atoms with van der Waals surface area (Å²) in [5.74, 6) is -2.10. The zero-order valence-corrected chi connectivity index (χ0v) is 22.9. The Morgan fingerprint density at radius 3 is 2.11 bits per heavy atom. The number of nitrogens with one attached hydrogen (secondary N) is 1. The summed E-state index contributed by atoms with van der Waals surface area (Å²) in [6, 6.07) is 3.26. The van der Waals surface area contributed by atoms with E-state index in [2.05, 4.69) is 9.71 Å². The van der Waals surface area contributed by atoms with Gasteiger partial charge in [-0.05, 0) is 47.6 Å². The molecule has 1 rings (SSSR count). The van der Waals surface area contributed by atoms with Crippen LogP contribution in [-0.4, -0.2) is 61.0 Å². The Labute approximate surface area is 219 Å². The van der Waals surface area contributed by atoms with Crippen LogP contribution in [0.5, 0.6) is 0 Å². The number of nitrogens with zero attached hydrogens (tertiary/aromatic N) is 1. The number of alkyl carbamates (subject to hydrolysis) is 1. The maximum atomic E-state index is 13.7. The maximum Gasteiger partial charge on any atom is 0.421 e. The Hall–Kier alpha value is -2.38. The molecule has 2 atom stereocenters. The first-order valence-corrected chi connectivity index (χ1v) is 13.1. The lowest BCUT2D eigenvalue weighted by Gasteiger charge is -2.31. The van der Waals surface area contributed by atoms with Gasteiger partial charge in [0.05, 0.1) is 5.75 Å². The van der Waals surface area contributed by atoms with Crippen LogP contribution in [0.1, 0.15) is 59.9 Å². The van der Waals surface area contributed by atoms with E-state index in [9.17, 15) is 36.3 Å². The van der Waals surface area contributed by atoms with Crippen LogP contribution in [0.3, 0.4) is 0 Å². The molecule has 1 aromatic rings. The monoisotopic (exact) mass is 572 g/mol. The minimum atomic E-state index is -5.24. The van der Waals surface area contributed by atoms with E-state index in [0.717, 1.165) is 18.3 Å². The van der Waals surface area contributed by atoms with E-state index in [1.54, 1.807) is 41.5 Å². The number of aliphatic hydroxyl groups is 1. The van der Waals surface area contributed by atoms with E-state index >= 15 is 0 Å². The van der Waals surface area contributed by atoms with Gasteiger partial charge in [-0.3, -0.25) is 0 Å². The van der Waals surface area contributed by atoms with Gasteiger partial charge in [0.1, 0.15) is 17.2 Å². The minimum Gasteiger partial charge on any atom is -0.458 e. The highest BCUT2D eigenvalue weighted by Gasteiger charge is 2.55. The van der Waals surface area contributed by atoms with Crippen LogP contribution in [0.25, 0.3) is 0 Å². The highest BCUT2D eigenvalue weighted by Crippen LogP contribution is 2.44. The van der Waals surface area contributed by atoms with Gasteiger partial charge in [-0.25, -0.2) is 18.0 Å². The Kier molecular flexibility index (Phi) is 10.6. The number of alkyl halides is 3. The Morgan fingerprint density at radius 1 is 1.08 bits per heavy atom. The van der Waals surface area contributed by atoms with Crippen molar-refractivity contribution in [2.75, 3.05) is 5.75 Å². The lowest BCUT2D eigenvalue weighted by atomic mass is 9.90. The van der Waals surface area contributed by atoms with Gasteiger partial charge in [-0.15, -0.1) is 0 Å². The van der Waals surface area contributed by atoms with Crippen LogP contribution in [0.4, 0.5) is 18.0 Å². The zero-order chi connectivity index (χ0) is 28.9. The Morgan fingerprint density at radius 2 is 1.62 bits per heavy atom. The highest BCUT2D eigenvalue weighted by atomic mass is 35.5. The van der Waals surface area contributed by atoms with Crippen LogP contribution in [0.15, 0.2) is 28.7 Å². The smallest absolute Gasteiger partial charge is 0.421 e.